The number of benzene rings is 2. The first-order valence-corrected chi connectivity index (χ1v) is 10.3. The van der Waals surface area contributed by atoms with Crippen molar-refractivity contribution in [1.82, 2.24) is 9.80 Å². The highest BCUT2D eigenvalue weighted by Crippen LogP contribution is 2.20. The van der Waals surface area contributed by atoms with Crippen LogP contribution in [0.1, 0.15) is 24.0 Å². The van der Waals surface area contributed by atoms with Gasteiger partial charge in [0.2, 0.25) is 0 Å². The quantitative estimate of drug-likeness (QED) is 0.652. The summed E-state index contributed by atoms with van der Waals surface area (Å²) in [6, 6.07) is 16.9. The maximum absolute atomic E-state index is 5.34. The Labute approximate surface area is 170 Å². The van der Waals surface area contributed by atoms with Crippen LogP contribution in [0.4, 0.5) is 0 Å². The Morgan fingerprint density at radius 2 is 1.79 bits per heavy atom. The van der Waals surface area contributed by atoms with Crippen LogP contribution in [0, 0.1) is 5.92 Å². The Morgan fingerprint density at radius 1 is 1.00 bits per heavy atom. The van der Waals surface area contributed by atoms with Gasteiger partial charge in [0.15, 0.2) is 0 Å². The van der Waals surface area contributed by atoms with Gasteiger partial charge < -0.3 is 19.3 Å². The molecule has 2 aromatic carbocycles. The summed E-state index contributed by atoms with van der Waals surface area (Å²) in [7, 11) is 5.68. The summed E-state index contributed by atoms with van der Waals surface area (Å²) in [5.41, 5.74) is 2.70. The largest absolute Gasteiger partial charge is 0.497 e. The highest BCUT2D eigenvalue weighted by molar-refractivity contribution is 5.28. The van der Waals surface area contributed by atoms with Gasteiger partial charge in [0.1, 0.15) is 11.5 Å². The summed E-state index contributed by atoms with van der Waals surface area (Å²) >= 11 is 0. The van der Waals surface area contributed by atoms with Crippen molar-refractivity contribution in [3.8, 4) is 11.5 Å². The zero-order valence-corrected chi connectivity index (χ0v) is 17.6. The van der Waals surface area contributed by atoms with Crippen LogP contribution in [0.15, 0.2) is 48.5 Å². The number of nitrogens with zero attached hydrogens (tertiary/aromatic N) is 2. The summed E-state index contributed by atoms with van der Waals surface area (Å²) < 4.78 is 10.6. The van der Waals surface area contributed by atoms with Gasteiger partial charge in [-0.15, -0.1) is 0 Å². The van der Waals surface area contributed by atoms with E-state index in [1.165, 1.54) is 37.1 Å². The standard InChI is InChI=1S/C24H34N2O2/c1-25(17-21-6-4-8-24(16-21)28-3)18-22-7-5-14-26(19-22)15-13-20-9-11-23(27-2)12-10-20/h4,6,8-12,16,22H,5,7,13-15,17-19H2,1-3H3/t22-/m0/s1. The third-order valence-corrected chi connectivity index (χ3v) is 5.64. The Kier molecular flexibility index (Phi) is 7.75. The topological polar surface area (TPSA) is 24.9 Å². The van der Waals surface area contributed by atoms with E-state index in [9.17, 15) is 0 Å². The van der Waals surface area contributed by atoms with E-state index in [2.05, 4.69) is 59.3 Å². The molecule has 2 aromatic rings. The SMILES string of the molecule is COc1ccc(CCN2CCC[C@@H](CN(C)Cc3cccc(OC)c3)C2)cc1. The number of ether oxygens (including phenoxy) is 2. The van der Waals surface area contributed by atoms with E-state index in [1.54, 1.807) is 14.2 Å². The Bertz CT molecular complexity index is 717. The minimum absolute atomic E-state index is 0.750. The van der Waals surface area contributed by atoms with Gasteiger partial charge in [-0.25, -0.2) is 0 Å². The normalized spacial score (nSPS) is 17.6. The van der Waals surface area contributed by atoms with Crippen LogP contribution in [0.25, 0.3) is 0 Å². The summed E-state index contributed by atoms with van der Waals surface area (Å²) in [6.45, 7) is 5.70. The van der Waals surface area contributed by atoms with Crippen molar-refractivity contribution in [3.05, 3.63) is 59.7 Å². The molecule has 1 fully saturated rings. The van der Waals surface area contributed by atoms with E-state index in [-0.39, 0.29) is 0 Å². The molecule has 0 aromatic heterocycles. The molecule has 0 bridgehead atoms. The smallest absolute Gasteiger partial charge is 0.119 e. The first-order chi connectivity index (χ1) is 13.7. The van der Waals surface area contributed by atoms with Crippen molar-refractivity contribution in [2.45, 2.75) is 25.8 Å². The van der Waals surface area contributed by atoms with E-state index in [0.717, 1.165) is 43.5 Å². The molecule has 0 aliphatic carbocycles. The van der Waals surface area contributed by atoms with Crippen LogP contribution < -0.4 is 9.47 Å². The Hall–Kier alpha value is -2.04. The van der Waals surface area contributed by atoms with Gasteiger partial charge in [-0.05, 0) is 74.2 Å². The van der Waals surface area contributed by atoms with Crippen LogP contribution in [-0.4, -0.2) is 57.2 Å². The molecule has 152 valence electrons. The first-order valence-electron chi connectivity index (χ1n) is 10.3. The molecule has 1 aliphatic heterocycles. The third-order valence-electron chi connectivity index (χ3n) is 5.64. The number of hydrogen-bond donors (Lipinski definition) is 0. The predicted octanol–water partition coefficient (Wildman–Crippen LogP) is 4.09. The van der Waals surface area contributed by atoms with Gasteiger partial charge >= 0.3 is 0 Å². The maximum atomic E-state index is 5.34. The first kappa shape index (κ1) is 20.7. The molecule has 0 spiro atoms. The van der Waals surface area contributed by atoms with Crippen LogP contribution in [0.3, 0.4) is 0 Å². The van der Waals surface area contributed by atoms with Crippen LogP contribution >= 0.6 is 0 Å². The maximum Gasteiger partial charge on any atom is 0.119 e. The molecule has 0 radical (unpaired) electrons. The Morgan fingerprint density at radius 3 is 2.54 bits per heavy atom. The van der Waals surface area contributed by atoms with Crippen molar-refractivity contribution in [1.29, 1.82) is 0 Å². The van der Waals surface area contributed by atoms with Gasteiger partial charge in [0.25, 0.3) is 0 Å². The molecule has 1 heterocycles. The molecule has 4 heteroatoms. The fourth-order valence-electron chi connectivity index (χ4n) is 4.17. The molecule has 4 nitrogen and oxygen atoms in total. The van der Waals surface area contributed by atoms with E-state index >= 15 is 0 Å². The zero-order valence-electron chi connectivity index (χ0n) is 17.6. The molecule has 0 unspecified atom stereocenters. The van der Waals surface area contributed by atoms with Crippen molar-refractivity contribution in [2.24, 2.45) is 5.92 Å². The summed E-state index contributed by atoms with van der Waals surface area (Å²) in [5, 5.41) is 0. The van der Waals surface area contributed by atoms with E-state index in [1.807, 2.05) is 6.07 Å². The zero-order chi connectivity index (χ0) is 19.8. The molecular formula is C24H34N2O2. The summed E-state index contributed by atoms with van der Waals surface area (Å²) in [5.74, 6) is 2.62. The summed E-state index contributed by atoms with van der Waals surface area (Å²) in [6.07, 6.45) is 3.75. The summed E-state index contributed by atoms with van der Waals surface area (Å²) in [4.78, 5) is 5.09. The average molecular weight is 383 g/mol. The lowest BCUT2D eigenvalue weighted by Crippen LogP contribution is -2.40. The molecule has 0 saturated carbocycles. The van der Waals surface area contributed by atoms with E-state index in [4.69, 9.17) is 9.47 Å². The lowest BCUT2D eigenvalue weighted by atomic mass is 9.97. The van der Waals surface area contributed by atoms with Crippen LogP contribution in [0.2, 0.25) is 0 Å². The minimum Gasteiger partial charge on any atom is -0.497 e. The fraction of sp³-hybridized carbons (Fsp3) is 0.500. The number of hydrogen-bond acceptors (Lipinski definition) is 4. The van der Waals surface area contributed by atoms with Gasteiger partial charge in [-0.3, -0.25) is 0 Å². The highest BCUT2D eigenvalue weighted by atomic mass is 16.5. The predicted molar refractivity (Wildman–Crippen MR) is 115 cm³/mol. The lowest BCUT2D eigenvalue weighted by Gasteiger charge is -2.34. The second kappa shape index (κ2) is 10.5. The van der Waals surface area contributed by atoms with Crippen LogP contribution in [0.5, 0.6) is 11.5 Å². The minimum atomic E-state index is 0.750. The lowest BCUT2D eigenvalue weighted by molar-refractivity contribution is 0.142. The van der Waals surface area contributed by atoms with Gasteiger partial charge in [0.05, 0.1) is 14.2 Å². The van der Waals surface area contributed by atoms with Gasteiger partial charge in [-0.2, -0.15) is 0 Å². The molecule has 28 heavy (non-hydrogen) atoms. The molecular weight excluding hydrogens is 348 g/mol. The second-order valence-corrected chi connectivity index (χ2v) is 7.96. The molecule has 0 amide bonds. The third kappa shape index (κ3) is 6.25. The molecule has 1 saturated heterocycles. The fourth-order valence-corrected chi connectivity index (χ4v) is 4.17. The van der Waals surface area contributed by atoms with Crippen molar-refractivity contribution < 1.29 is 9.47 Å². The average Bonchev–Trinajstić information content (AvgIpc) is 2.73. The molecule has 1 atom stereocenters. The van der Waals surface area contributed by atoms with Gasteiger partial charge in [-0.1, -0.05) is 24.3 Å². The highest BCUT2D eigenvalue weighted by Gasteiger charge is 2.21. The van der Waals surface area contributed by atoms with Gasteiger partial charge in [0, 0.05) is 26.2 Å². The number of rotatable bonds is 9. The number of methoxy groups -OCH3 is 2. The van der Waals surface area contributed by atoms with Crippen LogP contribution in [-0.2, 0) is 13.0 Å². The van der Waals surface area contributed by atoms with E-state index < -0.39 is 0 Å². The molecule has 3 rings (SSSR count). The monoisotopic (exact) mass is 382 g/mol. The van der Waals surface area contributed by atoms with Crippen molar-refractivity contribution >= 4 is 0 Å². The van der Waals surface area contributed by atoms with Crippen molar-refractivity contribution in [2.75, 3.05) is 47.4 Å². The number of piperidine rings is 1. The molecule has 1 aliphatic rings. The second-order valence-electron chi connectivity index (χ2n) is 7.96. The Balaban J connectivity index is 1.44. The molecule has 0 N–H and O–H groups in total. The van der Waals surface area contributed by atoms with Crippen molar-refractivity contribution in [3.63, 3.8) is 0 Å². The van der Waals surface area contributed by atoms with E-state index in [0.29, 0.717) is 0 Å². The number of likely N-dealkylation sites (tertiary alicyclic amines) is 1.